The first kappa shape index (κ1) is 21.4. The van der Waals surface area contributed by atoms with Crippen molar-refractivity contribution >= 4 is 5.97 Å². The summed E-state index contributed by atoms with van der Waals surface area (Å²) in [4.78, 5) is 12.1. The first-order chi connectivity index (χ1) is 11.4. The van der Waals surface area contributed by atoms with Crippen molar-refractivity contribution in [2.24, 2.45) is 0 Å². The van der Waals surface area contributed by atoms with Gasteiger partial charge in [0.05, 0.1) is 18.1 Å². The Balaban J connectivity index is 2.99. The molecule has 0 amide bonds. The summed E-state index contributed by atoms with van der Waals surface area (Å²) in [7, 11) is 1.54. The maximum atomic E-state index is 13.0. The second-order valence-corrected chi connectivity index (χ2v) is 6.92. The van der Waals surface area contributed by atoms with Gasteiger partial charge in [-0.2, -0.15) is 13.2 Å². The summed E-state index contributed by atoms with van der Waals surface area (Å²) < 4.78 is 49.3. The highest BCUT2D eigenvalue weighted by molar-refractivity contribution is 5.71. The Morgan fingerprint density at radius 1 is 1.24 bits per heavy atom. The number of benzene rings is 1. The van der Waals surface area contributed by atoms with E-state index in [1.165, 1.54) is 6.07 Å². The lowest BCUT2D eigenvalue weighted by atomic mass is 10.0. The average Bonchev–Trinajstić information content (AvgIpc) is 2.48. The molecular formula is C18H26F3NO3. The van der Waals surface area contributed by atoms with Crippen LogP contribution < -0.4 is 5.32 Å². The Bertz CT molecular complexity index is 567. The Morgan fingerprint density at radius 3 is 2.40 bits per heavy atom. The standard InChI is InChI=1S/C18H26F3NO3/c1-12(24-5)11-22-15(10-16(23)25-17(2,3)4)13-7-6-8-14(9-13)18(19,20)21/h6-9,12,15,22H,10-11H2,1-5H3/t12?,15-/m0/s1. The van der Waals surface area contributed by atoms with Crippen LogP contribution in [0.5, 0.6) is 0 Å². The third-order valence-electron chi connectivity index (χ3n) is 3.46. The van der Waals surface area contributed by atoms with Gasteiger partial charge < -0.3 is 14.8 Å². The largest absolute Gasteiger partial charge is 0.460 e. The van der Waals surface area contributed by atoms with E-state index in [9.17, 15) is 18.0 Å². The van der Waals surface area contributed by atoms with Gasteiger partial charge in [-0.15, -0.1) is 0 Å². The minimum atomic E-state index is -4.44. The van der Waals surface area contributed by atoms with Crippen LogP contribution in [0.15, 0.2) is 24.3 Å². The number of rotatable bonds is 7. The van der Waals surface area contributed by atoms with Crippen molar-refractivity contribution in [1.29, 1.82) is 0 Å². The van der Waals surface area contributed by atoms with Crippen molar-refractivity contribution in [3.8, 4) is 0 Å². The fraction of sp³-hybridized carbons (Fsp3) is 0.611. The lowest BCUT2D eigenvalue weighted by Gasteiger charge is -2.24. The zero-order valence-electron chi connectivity index (χ0n) is 15.2. The van der Waals surface area contributed by atoms with Crippen LogP contribution in [0, 0.1) is 0 Å². The Hall–Kier alpha value is -1.60. The van der Waals surface area contributed by atoms with E-state index < -0.39 is 29.4 Å². The van der Waals surface area contributed by atoms with Crippen molar-refractivity contribution in [2.75, 3.05) is 13.7 Å². The summed E-state index contributed by atoms with van der Waals surface area (Å²) in [6, 6.07) is 4.36. The first-order valence-electron chi connectivity index (χ1n) is 8.07. The number of hydrogen-bond acceptors (Lipinski definition) is 4. The topological polar surface area (TPSA) is 47.6 Å². The van der Waals surface area contributed by atoms with Gasteiger partial charge in [0.15, 0.2) is 0 Å². The molecule has 0 fully saturated rings. The van der Waals surface area contributed by atoms with Gasteiger partial charge in [-0.25, -0.2) is 0 Å². The van der Waals surface area contributed by atoms with Crippen LogP contribution in [-0.4, -0.2) is 31.3 Å². The summed E-state index contributed by atoms with van der Waals surface area (Å²) in [5.41, 5.74) is -1.03. The minimum Gasteiger partial charge on any atom is -0.460 e. The number of ether oxygens (including phenoxy) is 2. The molecule has 0 spiro atoms. The molecule has 0 saturated carbocycles. The highest BCUT2D eigenvalue weighted by Crippen LogP contribution is 2.31. The van der Waals surface area contributed by atoms with E-state index in [1.807, 2.05) is 6.92 Å². The lowest BCUT2D eigenvalue weighted by molar-refractivity contribution is -0.155. The quantitative estimate of drug-likeness (QED) is 0.743. The van der Waals surface area contributed by atoms with E-state index in [4.69, 9.17) is 9.47 Å². The van der Waals surface area contributed by atoms with Gasteiger partial charge in [0, 0.05) is 19.7 Å². The predicted molar refractivity (Wildman–Crippen MR) is 89.1 cm³/mol. The summed E-state index contributed by atoms with van der Waals surface area (Å²) >= 11 is 0. The van der Waals surface area contributed by atoms with Crippen LogP contribution in [0.1, 0.15) is 51.3 Å². The fourth-order valence-corrected chi connectivity index (χ4v) is 2.18. The van der Waals surface area contributed by atoms with E-state index in [2.05, 4.69) is 5.32 Å². The monoisotopic (exact) mass is 361 g/mol. The molecule has 1 N–H and O–H groups in total. The average molecular weight is 361 g/mol. The number of hydrogen-bond donors (Lipinski definition) is 1. The third kappa shape index (κ3) is 7.88. The molecule has 7 heteroatoms. The molecule has 1 unspecified atom stereocenters. The minimum absolute atomic E-state index is 0.0744. The molecule has 0 heterocycles. The summed E-state index contributed by atoms with van der Waals surface area (Å²) in [5, 5.41) is 3.09. The summed E-state index contributed by atoms with van der Waals surface area (Å²) in [6.45, 7) is 7.43. The Morgan fingerprint density at radius 2 is 1.88 bits per heavy atom. The van der Waals surface area contributed by atoms with Crippen LogP contribution in [-0.2, 0) is 20.4 Å². The molecule has 0 saturated heterocycles. The molecular weight excluding hydrogens is 335 g/mol. The van der Waals surface area contributed by atoms with Gasteiger partial charge in [0.1, 0.15) is 5.60 Å². The van der Waals surface area contributed by atoms with Gasteiger partial charge in [-0.05, 0) is 45.4 Å². The van der Waals surface area contributed by atoms with Crippen LogP contribution in [0.3, 0.4) is 0 Å². The molecule has 0 aliphatic rings. The molecule has 142 valence electrons. The molecule has 0 bridgehead atoms. The number of methoxy groups -OCH3 is 1. The van der Waals surface area contributed by atoms with E-state index >= 15 is 0 Å². The van der Waals surface area contributed by atoms with Gasteiger partial charge in [0.25, 0.3) is 0 Å². The normalized spacial score (nSPS) is 14.9. The van der Waals surface area contributed by atoms with Crippen molar-refractivity contribution in [3.63, 3.8) is 0 Å². The number of halogens is 3. The maximum absolute atomic E-state index is 13.0. The van der Waals surface area contributed by atoms with Crippen LogP contribution in [0.4, 0.5) is 13.2 Å². The number of alkyl halides is 3. The molecule has 0 aliphatic heterocycles. The first-order valence-corrected chi connectivity index (χ1v) is 8.07. The fourth-order valence-electron chi connectivity index (χ4n) is 2.18. The van der Waals surface area contributed by atoms with Gasteiger partial charge in [0.2, 0.25) is 0 Å². The molecule has 0 aliphatic carbocycles. The van der Waals surface area contributed by atoms with E-state index in [-0.39, 0.29) is 12.5 Å². The Labute approximate surface area is 146 Å². The summed E-state index contributed by atoms with van der Waals surface area (Å²) in [6.07, 6.45) is -4.66. The predicted octanol–water partition coefficient (Wildman–Crippen LogP) is 4.10. The van der Waals surface area contributed by atoms with Gasteiger partial charge >= 0.3 is 12.1 Å². The highest BCUT2D eigenvalue weighted by Gasteiger charge is 2.31. The van der Waals surface area contributed by atoms with E-state index in [0.29, 0.717) is 12.1 Å². The van der Waals surface area contributed by atoms with Crippen LogP contribution in [0.25, 0.3) is 0 Å². The number of carbonyl (C=O) groups is 1. The van der Waals surface area contributed by atoms with Crippen molar-refractivity contribution < 1.29 is 27.4 Å². The zero-order valence-corrected chi connectivity index (χ0v) is 15.2. The van der Waals surface area contributed by atoms with Gasteiger partial charge in [-0.1, -0.05) is 12.1 Å². The molecule has 1 rings (SSSR count). The maximum Gasteiger partial charge on any atom is 0.416 e. The lowest BCUT2D eigenvalue weighted by Crippen LogP contribution is -2.33. The second-order valence-electron chi connectivity index (χ2n) is 6.92. The molecule has 0 radical (unpaired) electrons. The van der Waals surface area contributed by atoms with Crippen molar-refractivity contribution in [1.82, 2.24) is 5.32 Å². The zero-order chi connectivity index (χ0) is 19.3. The van der Waals surface area contributed by atoms with Crippen molar-refractivity contribution in [2.45, 2.75) is 58.0 Å². The van der Waals surface area contributed by atoms with Crippen LogP contribution >= 0.6 is 0 Å². The van der Waals surface area contributed by atoms with E-state index in [1.54, 1.807) is 33.9 Å². The summed E-state index contributed by atoms with van der Waals surface area (Å²) in [5.74, 6) is -0.479. The third-order valence-corrected chi connectivity index (χ3v) is 3.46. The molecule has 1 aromatic rings. The van der Waals surface area contributed by atoms with Crippen molar-refractivity contribution in [3.05, 3.63) is 35.4 Å². The second kappa shape index (κ2) is 8.67. The smallest absolute Gasteiger partial charge is 0.416 e. The number of esters is 1. The number of nitrogens with one attached hydrogen (secondary N) is 1. The highest BCUT2D eigenvalue weighted by atomic mass is 19.4. The van der Waals surface area contributed by atoms with E-state index in [0.717, 1.165) is 12.1 Å². The molecule has 2 atom stereocenters. The molecule has 0 aromatic heterocycles. The molecule has 1 aromatic carbocycles. The number of carbonyl (C=O) groups excluding carboxylic acids is 1. The van der Waals surface area contributed by atoms with Gasteiger partial charge in [-0.3, -0.25) is 4.79 Å². The molecule has 25 heavy (non-hydrogen) atoms. The molecule has 4 nitrogen and oxygen atoms in total. The Kier molecular flexibility index (Phi) is 7.44. The van der Waals surface area contributed by atoms with Crippen LogP contribution in [0.2, 0.25) is 0 Å². The SMILES string of the molecule is COC(C)CN[C@@H](CC(=O)OC(C)(C)C)c1cccc(C(F)(F)F)c1.